The normalized spacial score (nSPS) is 12.9. The number of phenolic OH excluding ortho intramolecular Hbond substituents is 1. The molecule has 0 bridgehead atoms. The van der Waals surface area contributed by atoms with Gasteiger partial charge in [0.15, 0.2) is 0 Å². The number of hydrogen-bond acceptors (Lipinski definition) is 9. The first kappa shape index (κ1) is 37.2. The Morgan fingerprint density at radius 1 is 0.979 bits per heavy atom. The maximum absolute atomic E-state index is 12.7. The average Bonchev–Trinajstić information content (AvgIpc) is 3.50. The Morgan fingerprint density at radius 3 is 2.48 bits per heavy atom. The molecular weight excluding hydrogens is 627 g/mol. The van der Waals surface area contributed by atoms with Crippen molar-refractivity contribution in [2.75, 3.05) is 5.32 Å². The minimum absolute atomic E-state index is 0.129. The van der Waals surface area contributed by atoms with E-state index < -0.39 is 0 Å². The molecule has 1 unspecified atom stereocenters. The van der Waals surface area contributed by atoms with Gasteiger partial charge in [0.25, 0.3) is 0 Å². The lowest BCUT2D eigenvalue weighted by Crippen LogP contribution is -2.27. The molecule has 0 aliphatic rings. The van der Waals surface area contributed by atoms with Crippen LogP contribution in [0.5, 0.6) is 5.75 Å². The first-order chi connectivity index (χ1) is 23.0. The smallest absolute Gasteiger partial charge is 0.230 e. The standard InChI is InChI=1S/C36H45N7O4S/c1-4-5-9-24(2)20-32(45)40-31(38)19-16-29(37)12-6-7-13-34-42-43-36(48-34)41-33(46)22-26-10-8-11-27(21-26)23-39-35(47)25(3)28-14-17-30(44)18-15-28/h4-5,8-11,14-19,21,25,44H,6-7,12-13,20,22-23,37-38H2,1-3H3,(H,39,47)(H,40,45)(H,41,43,46)/b5-4-,24-9+,29-16-,31-19+. The highest BCUT2D eigenvalue weighted by atomic mass is 32.1. The first-order valence-electron chi connectivity index (χ1n) is 15.8. The van der Waals surface area contributed by atoms with Gasteiger partial charge in [-0.25, -0.2) is 0 Å². The molecule has 254 valence electrons. The molecule has 12 heteroatoms. The van der Waals surface area contributed by atoms with Gasteiger partial charge in [0.2, 0.25) is 22.9 Å². The van der Waals surface area contributed by atoms with E-state index in [1.807, 2.05) is 63.3 Å². The Labute approximate surface area is 285 Å². The Morgan fingerprint density at radius 2 is 1.73 bits per heavy atom. The zero-order valence-electron chi connectivity index (χ0n) is 27.7. The van der Waals surface area contributed by atoms with E-state index in [9.17, 15) is 19.5 Å². The summed E-state index contributed by atoms with van der Waals surface area (Å²) in [7, 11) is 0. The van der Waals surface area contributed by atoms with E-state index in [-0.39, 0.29) is 48.1 Å². The number of nitrogens with one attached hydrogen (secondary N) is 3. The molecule has 48 heavy (non-hydrogen) atoms. The molecule has 1 atom stereocenters. The van der Waals surface area contributed by atoms with Crippen LogP contribution in [0.15, 0.2) is 96.0 Å². The summed E-state index contributed by atoms with van der Waals surface area (Å²) in [6.07, 6.45) is 12.4. The zero-order chi connectivity index (χ0) is 34.9. The molecule has 2 aromatic carbocycles. The van der Waals surface area contributed by atoms with Crippen molar-refractivity contribution in [2.24, 2.45) is 11.5 Å². The molecule has 3 aromatic rings. The van der Waals surface area contributed by atoms with Crippen LogP contribution in [0, 0.1) is 0 Å². The van der Waals surface area contributed by atoms with Crippen LogP contribution in [-0.2, 0) is 33.8 Å². The van der Waals surface area contributed by atoms with E-state index in [1.54, 1.807) is 36.4 Å². The number of benzene rings is 2. The number of phenols is 1. The summed E-state index contributed by atoms with van der Waals surface area (Å²) in [5.41, 5.74) is 16.1. The van der Waals surface area contributed by atoms with E-state index in [1.165, 1.54) is 11.3 Å². The molecule has 3 rings (SSSR count). The molecule has 0 aliphatic heterocycles. The summed E-state index contributed by atoms with van der Waals surface area (Å²) in [6.45, 7) is 5.94. The molecule has 1 heterocycles. The highest BCUT2D eigenvalue weighted by Crippen LogP contribution is 2.20. The number of nitrogens with two attached hydrogens (primary N) is 2. The largest absolute Gasteiger partial charge is 0.508 e. The SMILES string of the molecule is C/C=C\C=C(/C)CC(=O)N/C(N)=C/C=C(\N)CCCCc1nnc(NC(=O)Cc2cccc(CNC(=O)C(C)c3ccc(O)cc3)c2)s1. The van der Waals surface area contributed by atoms with Crippen molar-refractivity contribution >= 4 is 34.2 Å². The van der Waals surface area contributed by atoms with Crippen LogP contribution in [0.2, 0.25) is 0 Å². The number of aromatic hydroxyl groups is 1. The number of allylic oxidation sites excluding steroid dienone is 6. The number of carbonyl (C=O) groups excluding carboxylic acids is 3. The number of anilines is 1. The number of rotatable bonds is 17. The quantitative estimate of drug-likeness (QED) is 0.0832. The van der Waals surface area contributed by atoms with Crippen molar-refractivity contribution in [1.82, 2.24) is 20.8 Å². The molecule has 0 saturated carbocycles. The molecule has 0 saturated heterocycles. The lowest BCUT2D eigenvalue weighted by atomic mass is 10.00. The molecule has 1 aromatic heterocycles. The van der Waals surface area contributed by atoms with Crippen molar-refractivity contribution in [1.29, 1.82) is 0 Å². The Balaban J connectivity index is 1.37. The summed E-state index contributed by atoms with van der Waals surface area (Å²) in [5.74, 6) is -0.504. The van der Waals surface area contributed by atoms with E-state index in [0.29, 0.717) is 30.2 Å². The maximum atomic E-state index is 12.7. The van der Waals surface area contributed by atoms with Crippen LogP contribution >= 0.6 is 11.3 Å². The second-order valence-corrected chi connectivity index (χ2v) is 12.5. The third-order valence-corrected chi connectivity index (χ3v) is 8.10. The second kappa shape index (κ2) is 19.4. The van der Waals surface area contributed by atoms with Gasteiger partial charge in [0.1, 0.15) is 16.6 Å². The third-order valence-electron chi connectivity index (χ3n) is 7.20. The van der Waals surface area contributed by atoms with Gasteiger partial charge in [-0.15, -0.1) is 10.2 Å². The van der Waals surface area contributed by atoms with Crippen LogP contribution in [0.1, 0.15) is 74.1 Å². The van der Waals surface area contributed by atoms with Crippen molar-refractivity contribution in [3.8, 4) is 5.75 Å². The fourth-order valence-electron chi connectivity index (χ4n) is 4.57. The van der Waals surface area contributed by atoms with Crippen LogP contribution in [0.25, 0.3) is 0 Å². The van der Waals surface area contributed by atoms with Gasteiger partial charge < -0.3 is 32.5 Å². The van der Waals surface area contributed by atoms with Crippen LogP contribution in [0.4, 0.5) is 5.13 Å². The Kier molecular flexibility index (Phi) is 15.1. The van der Waals surface area contributed by atoms with Gasteiger partial charge in [0.05, 0.1) is 12.3 Å². The summed E-state index contributed by atoms with van der Waals surface area (Å²) in [5, 5.41) is 27.4. The highest BCUT2D eigenvalue weighted by Gasteiger charge is 2.15. The molecule has 0 radical (unpaired) electrons. The van der Waals surface area contributed by atoms with Crippen molar-refractivity contribution in [3.63, 3.8) is 0 Å². The van der Waals surface area contributed by atoms with Crippen LogP contribution < -0.4 is 27.4 Å². The van der Waals surface area contributed by atoms with Crippen LogP contribution in [-0.4, -0.2) is 33.0 Å². The monoisotopic (exact) mass is 671 g/mol. The molecule has 0 aliphatic carbocycles. The summed E-state index contributed by atoms with van der Waals surface area (Å²) >= 11 is 1.34. The van der Waals surface area contributed by atoms with Gasteiger partial charge in [-0.2, -0.15) is 0 Å². The minimum Gasteiger partial charge on any atom is -0.508 e. The third kappa shape index (κ3) is 13.6. The summed E-state index contributed by atoms with van der Waals surface area (Å²) in [4.78, 5) is 37.4. The Hall–Kier alpha value is -5.23. The Bertz CT molecular complexity index is 1660. The average molecular weight is 672 g/mol. The van der Waals surface area contributed by atoms with Gasteiger partial charge in [-0.3, -0.25) is 14.4 Å². The van der Waals surface area contributed by atoms with E-state index in [2.05, 4.69) is 26.1 Å². The molecule has 0 fully saturated rings. The number of hydrogen-bond donors (Lipinski definition) is 6. The lowest BCUT2D eigenvalue weighted by molar-refractivity contribution is -0.122. The maximum Gasteiger partial charge on any atom is 0.230 e. The van der Waals surface area contributed by atoms with Gasteiger partial charge in [-0.1, -0.05) is 71.5 Å². The molecule has 0 spiro atoms. The predicted octanol–water partition coefficient (Wildman–Crippen LogP) is 5.23. The van der Waals surface area contributed by atoms with Gasteiger partial charge in [0, 0.05) is 25.1 Å². The first-order valence-corrected chi connectivity index (χ1v) is 16.6. The number of amides is 3. The number of unbranched alkanes of at least 4 members (excludes halogenated alkanes) is 1. The minimum atomic E-state index is -0.369. The zero-order valence-corrected chi connectivity index (χ0v) is 28.5. The van der Waals surface area contributed by atoms with Gasteiger partial charge in [-0.05, 0) is 81.0 Å². The van der Waals surface area contributed by atoms with Crippen molar-refractivity contribution in [2.45, 2.75) is 71.8 Å². The lowest BCUT2D eigenvalue weighted by Gasteiger charge is -2.13. The summed E-state index contributed by atoms with van der Waals surface area (Å²) in [6, 6.07) is 14.1. The van der Waals surface area contributed by atoms with Crippen molar-refractivity contribution in [3.05, 3.63) is 118 Å². The number of nitrogens with zero attached hydrogens (tertiary/aromatic N) is 2. The topological polar surface area (TPSA) is 185 Å². The van der Waals surface area contributed by atoms with E-state index in [0.717, 1.165) is 40.1 Å². The van der Waals surface area contributed by atoms with E-state index in [4.69, 9.17) is 11.5 Å². The van der Waals surface area contributed by atoms with Crippen LogP contribution in [0.3, 0.4) is 0 Å². The fourth-order valence-corrected chi connectivity index (χ4v) is 5.36. The van der Waals surface area contributed by atoms with Crippen molar-refractivity contribution < 1.29 is 19.5 Å². The highest BCUT2D eigenvalue weighted by molar-refractivity contribution is 7.15. The van der Waals surface area contributed by atoms with Gasteiger partial charge >= 0.3 is 0 Å². The molecule has 11 nitrogen and oxygen atoms in total. The summed E-state index contributed by atoms with van der Waals surface area (Å²) < 4.78 is 0. The second-order valence-electron chi connectivity index (χ2n) is 11.4. The number of aromatic nitrogens is 2. The fraction of sp³-hybridized carbons (Fsp3) is 0.306. The van der Waals surface area contributed by atoms with E-state index >= 15 is 0 Å². The number of carbonyl (C=O) groups is 3. The molecule has 3 amide bonds. The molecule has 8 N–H and O–H groups in total. The predicted molar refractivity (Wildman–Crippen MR) is 190 cm³/mol. The molecular formula is C36H45N7O4S. The number of aryl methyl sites for hydroxylation is 1.